The highest BCUT2D eigenvalue weighted by molar-refractivity contribution is 5.82. The Kier molecular flexibility index (Phi) is 0.958. The molecule has 0 radical (unpaired) electrons. The maximum absolute atomic E-state index is 10.2. The van der Waals surface area contributed by atoms with Crippen molar-refractivity contribution < 1.29 is 9.53 Å². The first kappa shape index (κ1) is 4.55. The summed E-state index contributed by atoms with van der Waals surface area (Å²) in [5.74, 6) is 4.50. The Hall–Kier alpha value is -0.610. The summed E-state index contributed by atoms with van der Waals surface area (Å²) in [6.07, 6.45) is -0.259. The van der Waals surface area contributed by atoms with Gasteiger partial charge in [-0.15, -0.1) is 0 Å². The monoisotopic (exact) mass is 102 g/mol. The lowest BCUT2D eigenvalue weighted by molar-refractivity contribution is -0.122. The van der Waals surface area contributed by atoms with E-state index >= 15 is 0 Å². The molecule has 1 atom stereocenters. The molecule has 1 rings (SSSR count). The van der Waals surface area contributed by atoms with Crippen LogP contribution in [0.25, 0.3) is 0 Å². The van der Waals surface area contributed by atoms with E-state index in [0.29, 0.717) is 6.61 Å². The minimum Gasteiger partial charge on any atom is -0.363 e. The van der Waals surface area contributed by atoms with Gasteiger partial charge in [0, 0.05) is 0 Å². The second-order valence-corrected chi connectivity index (χ2v) is 1.33. The Bertz CT molecular complexity index is 88.9. The third-order valence-electron chi connectivity index (χ3n) is 0.768. The largest absolute Gasteiger partial charge is 0.363 e. The molecule has 1 unspecified atom stereocenters. The average molecular weight is 102 g/mol. The van der Waals surface area contributed by atoms with Crippen molar-refractivity contribution in [1.82, 2.24) is 5.43 Å². The van der Waals surface area contributed by atoms with Gasteiger partial charge in [0.25, 0.3) is 5.91 Å². The van der Waals surface area contributed by atoms with Crippen molar-refractivity contribution >= 4 is 5.91 Å². The summed E-state index contributed by atoms with van der Waals surface area (Å²) in [7, 11) is 0. The first-order valence-corrected chi connectivity index (χ1v) is 1.96. The molecule has 1 aliphatic heterocycles. The van der Waals surface area contributed by atoms with Crippen molar-refractivity contribution in [3.63, 3.8) is 0 Å². The second-order valence-electron chi connectivity index (χ2n) is 1.33. The van der Waals surface area contributed by atoms with E-state index in [4.69, 9.17) is 5.84 Å². The van der Waals surface area contributed by atoms with Gasteiger partial charge in [-0.25, -0.2) is 5.84 Å². The summed E-state index contributed by atoms with van der Waals surface area (Å²) < 4.78 is 4.57. The number of hydrogen-bond donors (Lipinski definition) is 2. The average Bonchev–Trinajstić information content (AvgIpc) is 2.44. The number of amides is 1. The van der Waals surface area contributed by atoms with Gasteiger partial charge in [-0.2, -0.15) is 0 Å². The van der Waals surface area contributed by atoms with Crippen LogP contribution in [-0.4, -0.2) is 18.6 Å². The van der Waals surface area contributed by atoms with Crippen LogP contribution >= 0.6 is 0 Å². The summed E-state index contributed by atoms with van der Waals surface area (Å²) in [6.45, 7) is 0.517. The Labute approximate surface area is 40.6 Å². The Morgan fingerprint density at radius 2 is 2.57 bits per heavy atom. The molecule has 0 saturated carbocycles. The second kappa shape index (κ2) is 1.48. The van der Waals surface area contributed by atoms with Crippen LogP contribution in [0.1, 0.15) is 0 Å². The van der Waals surface area contributed by atoms with Gasteiger partial charge >= 0.3 is 0 Å². The number of hydrazine groups is 1. The predicted octanol–water partition coefficient (Wildman–Crippen LogP) is -1.62. The van der Waals surface area contributed by atoms with Gasteiger partial charge in [-0.1, -0.05) is 0 Å². The highest BCUT2D eigenvalue weighted by Crippen LogP contribution is 2.06. The first-order chi connectivity index (χ1) is 3.34. The van der Waals surface area contributed by atoms with E-state index in [-0.39, 0.29) is 12.0 Å². The van der Waals surface area contributed by atoms with Gasteiger partial charge in [0.1, 0.15) is 0 Å². The molecule has 1 heterocycles. The molecule has 40 valence electrons. The fourth-order valence-corrected chi connectivity index (χ4v) is 0.292. The van der Waals surface area contributed by atoms with Crippen LogP contribution in [0.4, 0.5) is 0 Å². The van der Waals surface area contributed by atoms with Crippen molar-refractivity contribution in [2.75, 3.05) is 6.61 Å². The minimum atomic E-state index is -0.259. The Balaban J connectivity index is 2.24. The van der Waals surface area contributed by atoms with Gasteiger partial charge in [-0.3, -0.25) is 10.2 Å². The smallest absolute Gasteiger partial charge is 0.265 e. The summed E-state index contributed by atoms with van der Waals surface area (Å²) in [5, 5.41) is 0. The summed E-state index contributed by atoms with van der Waals surface area (Å²) >= 11 is 0. The molecule has 0 aromatic rings. The number of ether oxygens (including phenoxy) is 1. The van der Waals surface area contributed by atoms with Crippen LogP contribution in [0.15, 0.2) is 0 Å². The van der Waals surface area contributed by atoms with Crippen LogP contribution in [0.3, 0.4) is 0 Å². The highest BCUT2D eigenvalue weighted by atomic mass is 16.6. The molecule has 7 heavy (non-hydrogen) atoms. The molecule has 0 aromatic heterocycles. The molecule has 4 nitrogen and oxygen atoms in total. The highest BCUT2D eigenvalue weighted by Gasteiger charge is 2.30. The quantitative estimate of drug-likeness (QED) is 0.181. The van der Waals surface area contributed by atoms with Gasteiger partial charge in [0.15, 0.2) is 6.10 Å². The standard InChI is InChI=1S/C3H6N2O2/c4-5-3(6)2-1-7-2/h2H,1,4H2,(H,5,6). The van der Waals surface area contributed by atoms with E-state index in [9.17, 15) is 4.79 Å². The van der Waals surface area contributed by atoms with Gasteiger partial charge < -0.3 is 4.74 Å². The van der Waals surface area contributed by atoms with E-state index in [2.05, 4.69) is 4.74 Å². The van der Waals surface area contributed by atoms with Crippen LogP contribution in [0.2, 0.25) is 0 Å². The molecule has 0 bridgehead atoms. The van der Waals surface area contributed by atoms with E-state index in [0.717, 1.165) is 0 Å². The Morgan fingerprint density at radius 3 is 2.71 bits per heavy atom. The van der Waals surface area contributed by atoms with Crippen molar-refractivity contribution in [3.8, 4) is 0 Å². The molecular formula is C3H6N2O2. The number of carbonyl (C=O) groups is 1. The van der Waals surface area contributed by atoms with Crippen LogP contribution < -0.4 is 11.3 Å². The van der Waals surface area contributed by atoms with Crippen molar-refractivity contribution in [2.45, 2.75) is 6.10 Å². The number of epoxide rings is 1. The van der Waals surface area contributed by atoms with E-state index < -0.39 is 0 Å². The zero-order chi connectivity index (χ0) is 5.28. The lowest BCUT2D eigenvalue weighted by Gasteiger charge is -1.87. The molecule has 0 aliphatic carbocycles. The molecular weight excluding hydrogens is 96.0 g/mol. The molecule has 1 amide bonds. The lowest BCUT2D eigenvalue weighted by atomic mass is 10.5. The minimum absolute atomic E-state index is 0.236. The third-order valence-corrected chi connectivity index (χ3v) is 0.768. The Morgan fingerprint density at radius 1 is 2.00 bits per heavy atom. The van der Waals surface area contributed by atoms with Crippen molar-refractivity contribution in [2.24, 2.45) is 5.84 Å². The maximum atomic E-state index is 10.2. The van der Waals surface area contributed by atoms with Gasteiger partial charge in [-0.05, 0) is 0 Å². The van der Waals surface area contributed by atoms with Crippen molar-refractivity contribution in [3.05, 3.63) is 0 Å². The van der Waals surface area contributed by atoms with Gasteiger partial charge in [0.2, 0.25) is 0 Å². The molecule has 1 fully saturated rings. The summed E-state index contributed by atoms with van der Waals surface area (Å²) in [4.78, 5) is 10.2. The van der Waals surface area contributed by atoms with Crippen LogP contribution in [0.5, 0.6) is 0 Å². The fraction of sp³-hybridized carbons (Fsp3) is 0.667. The maximum Gasteiger partial charge on any atom is 0.265 e. The van der Waals surface area contributed by atoms with E-state index in [1.807, 2.05) is 5.43 Å². The summed E-state index contributed by atoms with van der Waals surface area (Å²) in [5.41, 5.74) is 1.96. The molecule has 0 spiro atoms. The fourth-order valence-electron chi connectivity index (χ4n) is 0.292. The normalized spacial score (nSPS) is 26.7. The van der Waals surface area contributed by atoms with Crippen LogP contribution in [0, 0.1) is 0 Å². The number of nitrogens with two attached hydrogens (primary N) is 1. The molecule has 0 aromatic carbocycles. The van der Waals surface area contributed by atoms with Crippen LogP contribution in [-0.2, 0) is 9.53 Å². The number of hydrogen-bond acceptors (Lipinski definition) is 3. The zero-order valence-electron chi connectivity index (χ0n) is 3.68. The van der Waals surface area contributed by atoms with E-state index in [1.54, 1.807) is 0 Å². The van der Waals surface area contributed by atoms with E-state index in [1.165, 1.54) is 0 Å². The summed E-state index contributed by atoms with van der Waals surface area (Å²) in [6, 6.07) is 0. The lowest BCUT2D eigenvalue weighted by Crippen LogP contribution is -2.33. The molecule has 4 heteroatoms. The number of carbonyl (C=O) groups excluding carboxylic acids is 1. The SMILES string of the molecule is NNC(=O)C1CO1. The van der Waals surface area contributed by atoms with Crippen molar-refractivity contribution in [1.29, 1.82) is 0 Å². The molecule has 1 aliphatic rings. The molecule has 1 saturated heterocycles. The number of rotatable bonds is 1. The molecule has 3 N–H and O–H groups in total. The van der Waals surface area contributed by atoms with Gasteiger partial charge in [0.05, 0.1) is 6.61 Å². The zero-order valence-corrected chi connectivity index (χ0v) is 3.68. The first-order valence-electron chi connectivity index (χ1n) is 1.96. The predicted molar refractivity (Wildman–Crippen MR) is 22.1 cm³/mol. The topological polar surface area (TPSA) is 67.6 Å². The number of nitrogens with one attached hydrogen (secondary N) is 1. The third kappa shape index (κ3) is 0.880.